The van der Waals surface area contributed by atoms with Crippen LogP contribution in [0.15, 0.2) is 12.1 Å². The number of carbonyl (C=O) groups is 2. The van der Waals surface area contributed by atoms with Gasteiger partial charge in [-0.15, -0.1) is 0 Å². The number of alkyl halides is 1. The van der Waals surface area contributed by atoms with Crippen LogP contribution in [0.2, 0.25) is 0 Å². The maximum absolute atomic E-state index is 12.3. The van der Waals surface area contributed by atoms with Gasteiger partial charge in [0.1, 0.15) is 5.75 Å². The first-order valence-corrected chi connectivity index (χ1v) is 8.07. The summed E-state index contributed by atoms with van der Waals surface area (Å²) in [5.74, 6) is -0.532. The Labute approximate surface area is 152 Å². The number of carbonyl (C=O) groups excluding carboxylic acids is 2. The fraction of sp³-hybridized carbons (Fsp3) is 0.529. The van der Waals surface area contributed by atoms with Gasteiger partial charge in [0, 0.05) is 18.1 Å². The zero-order chi connectivity index (χ0) is 19.0. The van der Waals surface area contributed by atoms with E-state index in [4.69, 9.17) is 35.3 Å². The summed E-state index contributed by atoms with van der Waals surface area (Å²) in [5, 5.41) is 0. The smallest absolute Gasteiger partial charge is 0.339 e. The first-order chi connectivity index (χ1) is 11.9. The van der Waals surface area contributed by atoms with Gasteiger partial charge in [-0.05, 0) is 19.9 Å². The predicted molar refractivity (Wildman–Crippen MR) is 91.7 cm³/mol. The Morgan fingerprint density at radius 1 is 0.880 bits per heavy atom. The summed E-state index contributed by atoms with van der Waals surface area (Å²) in [4.78, 5) is 22.6. The lowest BCUT2D eigenvalue weighted by molar-refractivity contribution is -0.159. The van der Waals surface area contributed by atoms with E-state index < -0.39 is 16.8 Å². The van der Waals surface area contributed by atoms with Gasteiger partial charge in [0.15, 0.2) is 11.5 Å². The molecule has 1 aromatic carbocycles. The van der Waals surface area contributed by atoms with Gasteiger partial charge in [-0.25, -0.2) is 9.59 Å². The summed E-state index contributed by atoms with van der Waals surface area (Å²) in [6, 6.07) is 3.18. The maximum atomic E-state index is 12.3. The van der Waals surface area contributed by atoms with Crippen LogP contribution in [-0.4, -0.2) is 51.4 Å². The van der Waals surface area contributed by atoms with Crippen molar-refractivity contribution in [2.24, 2.45) is 0 Å². The van der Waals surface area contributed by atoms with E-state index in [-0.39, 0.29) is 19.6 Å². The molecular weight excluding hydrogens is 352 g/mol. The fourth-order valence-corrected chi connectivity index (χ4v) is 2.46. The molecule has 0 saturated carbocycles. The first-order valence-electron chi connectivity index (χ1n) is 7.70. The predicted octanol–water partition coefficient (Wildman–Crippen LogP) is 2.36. The Morgan fingerprint density at radius 2 is 1.32 bits per heavy atom. The molecule has 25 heavy (non-hydrogen) atoms. The third-order valence-corrected chi connectivity index (χ3v) is 3.86. The number of methoxy groups -OCH3 is 3. The van der Waals surface area contributed by atoms with Gasteiger partial charge in [-0.3, -0.25) is 0 Å². The van der Waals surface area contributed by atoms with E-state index in [0.29, 0.717) is 22.8 Å². The molecule has 0 aromatic heterocycles. The SMILES string of the molecule is CCOC(=O)C(Cl)(Cc1cc(OC)c(OC)cc1OC)C(=O)OCC. The molecule has 0 spiro atoms. The van der Waals surface area contributed by atoms with Gasteiger partial charge in [0.2, 0.25) is 4.87 Å². The van der Waals surface area contributed by atoms with Crippen LogP contribution in [0.3, 0.4) is 0 Å². The molecule has 0 unspecified atom stereocenters. The molecule has 0 fully saturated rings. The molecule has 8 heteroatoms. The average molecular weight is 375 g/mol. The van der Waals surface area contributed by atoms with Gasteiger partial charge in [-0.2, -0.15) is 0 Å². The van der Waals surface area contributed by atoms with Crippen LogP contribution in [0.25, 0.3) is 0 Å². The lowest BCUT2D eigenvalue weighted by Crippen LogP contribution is -2.46. The van der Waals surface area contributed by atoms with Crippen molar-refractivity contribution in [3.8, 4) is 17.2 Å². The van der Waals surface area contributed by atoms with Crippen molar-refractivity contribution in [2.45, 2.75) is 25.1 Å². The van der Waals surface area contributed by atoms with E-state index in [9.17, 15) is 9.59 Å². The molecule has 1 aromatic rings. The van der Waals surface area contributed by atoms with Gasteiger partial charge >= 0.3 is 11.9 Å². The zero-order valence-corrected chi connectivity index (χ0v) is 15.8. The largest absolute Gasteiger partial charge is 0.496 e. The van der Waals surface area contributed by atoms with Crippen molar-refractivity contribution in [1.82, 2.24) is 0 Å². The molecule has 0 aliphatic heterocycles. The number of ether oxygens (including phenoxy) is 5. The molecule has 0 saturated heterocycles. The van der Waals surface area contributed by atoms with Crippen molar-refractivity contribution in [1.29, 1.82) is 0 Å². The summed E-state index contributed by atoms with van der Waals surface area (Å²) in [5.41, 5.74) is 0.469. The van der Waals surface area contributed by atoms with Crippen LogP contribution in [0, 0.1) is 0 Å². The second-order valence-electron chi connectivity index (χ2n) is 4.94. The number of esters is 2. The van der Waals surface area contributed by atoms with Gasteiger partial charge < -0.3 is 23.7 Å². The Balaban J connectivity index is 3.36. The fourth-order valence-electron chi connectivity index (χ4n) is 2.21. The molecule has 0 aliphatic carbocycles. The van der Waals surface area contributed by atoms with Gasteiger partial charge in [-0.1, -0.05) is 11.6 Å². The highest BCUT2D eigenvalue weighted by Gasteiger charge is 2.48. The molecule has 0 amide bonds. The second kappa shape index (κ2) is 9.36. The summed E-state index contributed by atoms with van der Waals surface area (Å²) in [7, 11) is 4.41. The Morgan fingerprint density at radius 3 is 1.72 bits per heavy atom. The molecule has 0 N–H and O–H groups in total. The lowest BCUT2D eigenvalue weighted by atomic mass is 9.97. The highest BCUT2D eigenvalue weighted by atomic mass is 35.5. The standard InChI is InChI=1S/C17H23ClO7/c1-6-24-15(19)17(18,16(20)25-7-2)10-11-8-13(22-4)14(23-5)9-12(11)21-3/h8-9H,6-7,10H2,1-5H3. The van der Waals surface area contributed by atoms with E-state index in [1.165, 1.54) is 21.3 Å². The number of hydrogen-bond acceptors (Lipinski definition) is 7. The minimum Gasteiger partial charge on any atom is -0.496 e. The van der Waals surface area contributed by atoms with E-state index >= 15 is 0 Å². The van der Waals surface area contributed by atoms with Crippen molar-refractivity contribution in [2.75, 3.05) is 34.5 Å². The summed E-state index contributed by atoms with van der Waals surface area (Å²) >= 11 is 6.35. The molecule has 0 bridgehead atoms. The molecule has 1 rings (SSSR count). The molecular formula is C17H23ClO7. The summed E-state index contributed by atoms with van der Waals surface area (Å²) in [6.45, 7) is 3.40. The third-order valence-electron chi connectivity index (χ3n) is 3.42. The number of benzene rings is 1. The van der Waals surface area contributed by atoms with Crippen molar-refractivity contribution >= 4 is 23.5 Å². The quantitative estimate of drug-likeness (QED) is 0.373. The minimum atomic E-state index is -2.03. The monoisotopic (exact) mass is 374 g/mol. The molecule has 140 valence electrons. The van der Waals surface area contributed by atoms with Crippen molar-refractivity contribution < 1.29 is 33.3 Å². The average Bonchev–Trinajstić information content (AvgIpc) is 2.61. The zero-order valence-electron chi connectivity index (χ0n) is 15.0. The lowest BCUT2D eigenvalue weighted by Gasteiger charge is -2.24. The first kappa shape index (κ1) is 20.9. The van der Waals surface area contributed by atoms with Gasteiger partial charge in [0.25, 0.3) is 0 Å². The number of halogens is 1. The maximum Gasteiger partial charge on any atom is 0.339 e. The number of rotatable bonds is 9. The van der Waals surface area contributed by atoms with E-state index in [2.05, 4.69) is 0 Å². The Bertz CT molecular complexity index is 597. The van der Waals surface area contributed by atoms with Crippen LogP contribution in [0.4, 0.5) is 0 Å². The molecule has 0 heterocycles. The van der Waals surface area contributed by atoms with Crippen molar-refractivity contribution in [3.63, 3.8) is 0 Å². The van der Waals surface area contributed by atoms with Crippen LogP contribution in [0.5, 0.6) is 17.2 Å². The van der Waals surface area contributed by atoms with Crippen LogP contribution >= 0.6 is 11.6 Å². The summed E-state index contributed by atoms with van der Waals surface area (Å²) in [6.07, 6.45) is -0.199. The molecule has 0 radical (unpaired) electrons. The highest BCUT2D eigenvalue weighted by molar-refractivity contribution is 6.44. The normalized spacial score (nSPS) is 10.8. The van der Waals surface area contributed by atoms with E-state index in [1.807, 2.05) is 0 Å². The van der Waals surface area contributed by atoms with Crippen LogP contribution in [-0.2, 0) is 25.5 Å². The Kier molecular flexibility index (Phi) is 7.83. The van der Waals surface area contributed by atoms with Crippen LogP contribution in [0.1, 0.15) is 19.4 Å². The second-order valence-corrected chi connectivity index (χ2v) is 5.58. The van der Waals surface area contributed by atoms with Crippen molar-refractivity contribution in [3.05, 3.63) is 17.7 Å². The minimum absolute atomic E-state index is 0.0791. The molecule has 7 nitrogen and oxygen atoms in total. The van der Waals surface area contributed by atoms with Crippen LogP contribution < -0.4 is 14.2 Å². The Hall–Kier alpha value is -2.15. The highest BCUT2D eigenvalue weighted by Crippen LogP contribution is 2.38. The van der Waals surface area contributed by atoms with E-state index in [0.717, 1.165) is 0 Å². The van der Waals surface area contributed by atoms with Gasteiger partial charge in [0.05, 0.1) is 34.5 Å². The number of hydrogen-bond donors (Lipinski definition) is 0. The molecule has 0 aliphatic rings. The third kappa shape index (κ3) is 4.69. The summed E-state index contributed by atoms with van der Waals surface area (Å²) < 4.78 is 25.7. The topological polar surface area (TPSA) is 80.3 Å². The molecule has 0 atom stereocenters. The van der Waals surface area contributed by atoms with E-state index in [1.54, 1.807) is 26.0 Å².